The van der Waals surface area contributed by atoms with Crippen LogP contribution in [0.4, 0.5) is 0 Å². The summed E-state index contributed by atoms with van der Waals surface area (Å²) >= 11 is 0. The summed E-state index contributed by atoms with van der Waals surface area (Å²) in [6.45, 7) is 5.57. The molecule has 0 aromatic heterocycles. The first kappa shape index (κ1) is 28.5. The van der Waals surface area contributed by atoms with Crippen molar-refractivity contribution in [2.24, 2.45) is 0 Å². The summed E-state index contributed by atoms with van der Waals surface area (Å²) in [5, 5.41) is 9.18. The summed E-state index contributed by atoms with van der Waals surface area (Å²) in [5.74, 6) is 0.354. The van der Waals surface area contributed by atoms with Gasteiger partial charge < -0.3 is 9.80 Å². The molecule has 204 valence electrons. The maximum absolute atomic E-state index is 13.2. The van der Waals surface area contributed by atoms with Gasteiger partial charge in [0.15, 0.2) is 9.84 Å². The van der Waals surface area contributed by atoms with Gasteiger partial charge in [0.05, 0.1) is 22.9 Å². The zero-order chi connectivity index (χ0) is 27.8. The number of hydrogen-bond donors (Lipinski definition) is 0. The van der Waals surface area contributed by atoms with E-state index in [2.05, 4.69) is 47.4 Å². The number of amides is 1. The van der Waals surface area contributed by atoms with Crippen molar-refractivity contribution in [1.82, 2.24) is 9.80 Å². The van der Waals surface area contributed by atoms with E-state index >= 15 is 0 Å². The Hall–Kier alpha value is -3.47. The molecule has 0 aliphatic carbocycles. The number of nitrogens with zero attached hydrogens (tertiary/aromatic N) is 3. The third-order valence-electron chi connectivity index (χ3n) is 7.74. The Morgan fingerprint density at radius 2 is 1.59 bits per heavy atom. The van der Waals surface area contributed by atoms with Crippen LogP contribution in [0.3, 0.4) is 0 Å². The van der Waals surface area contributed by atoms with E-state index in [9.17, 15) is 18.5 Å². The molecule has 1 fully saturated rings. The lowest BCUT2D eigenvalue weighted by molar-refractivity contribution is -0.133. The molecule has 1 unspecified atom stereocenters. The Labute approximate surface area is 232 Å². The van der Waals surface area contributed by atoms with E-state index in [-0.39, 0.29) is 29.2 Å². The average molecular weight is 544 g/mol. The Balaban J connectivity index is 1.33. The molecule has 3 aromatic rings. The molecule has 7 heteroatoms. The average Bonchev–Trinajstić information content (AvgIpc) is 2.95. The molecule has 6 nitrogen and oxygen atoms in total. The smallest absolute Gasteiger partial charge is 0.227 e. The largest absolute Gasteiger partial charge is 0.340 e. The minimum atomic E-state index is -3.25. The van der Waals surface area contributed by atoms with Gasteiger partial charge in [-0.25, -0.2) is 8.42 Å². The highest BCUT2D eigenvalue weighted by atomic mass is 32.2. The van der Waals surface area contributed by atoms with E-state index in [4.69, 9.17) is 0 Å². The molecule has 0 spiro atoms. The van der Waals surface area contributed by atoms with Crippen LogP contribution in [0.25, 0.3) is 0 Å². The molecular formula is C32H37N3O3S. The van der Waals surface area contributed by atoms with E-state index in [1.165, 1.54) is 17.4 Å². The number of likely N-dealkylation sites (N-methyl/N-ethyl adjacent to an activating group) is 1. The summed E-state index contributed by atoms with van der Waals surface area (Å²) in [7, 11) is -3.25. The molecule has 1 heterocycles. The number of hydrogen-bond acceptors (Lipinski definition) is 5. The van der Waals surface area contributed by atoms with Gasteiger partial charge in [0, 0.05) is 37.8 Å². The van der Waals surface area contributed by atoms with Crippen molar-refractivity contribution in [1.29, 1.82) is 5.26 Å². The summed E-state index contributed by atoms with van der Waals surface area (Å²) < 4.78 is 23.4. The normalized spacial score (nSPS) is 15.4. The number of sulfone groups is 1. The maximum Gasteiger partial charge on any atom is 0.227 e. The SMILES string of the molecule is CCN(C(=O)Cc1ccc(S(C)(=O)=O)cc1)C1CCN(CCC(c2ccccc2)c2ccc(C#N)cc2)CC1. The second-order valence-corrected chi connectivity index (χ2v) is 12.3. The van der Waals surface area contributed by atoms with E-state index in [1.54, 1.807) is 24.3 Å². The van der Waals surface area contributed by atoms with Crippen molar-refractivity contribution >= 4 is 15.7 Å². The fraction of sp³-hybridized carbons (Fsp3) is 0.375. The minimum Gasteiger partial charge on any atom is -0.340 e. The fourth-order valence-electron chi connectivity index (χ4n) is 5.54. The molecule has 3 aromatic carbocycles. The highest BCUT2D eigenvalue weighted by Gasteiger charge is 2.27. The van der Waals surface area contributed by atoms with Crippen LogP contribution in [0.5, 0.6) is 0 Å². The molecule has 1 atom stereocenters. The fourth-order valence-corrected chi connectivity index (χ4v) is 6.17. The van der Waals surface area contributed by atoms with Gasteiger partial charge in [-0.05, 0) is 73.7 Å². The van der Waals surface area contributed by atoms with Crippen molar-refractivity contribution in [3.05, 3.63) is 101 Å². The molecule has 1 amide bonds. The van der Waals surface area contributed by atoms with Gasteiger partial charge in [0.1, 0.15) is 0 Å². The topological polar surface area (TPSA) is 81.5 Å². The highest BCUT2D eigenvalue weighted by Crippen LogP contribution is 2.29. The number of carbonyl (C=O) groups is 1. The number of carbonyl (C=O) groups excluding carboxylic acids is 1. The van der Waals surface area contributed by atoms with E-state index in [1.807, 2.05) is 30.0 Å². The first-order valence-corrected chi connectivity index (χ1v) is 15.5. The highest BCUT2D eigenvalue weighted by molar-refractivity contribution is 7.90. The number of benzene rings is 3. The van der Waals surface area contributed by atoms with Crippen LogP contribution >= 0.6 is 0 Å². The molecule has 0 bridgehead atoms. The minimum absolute atomic E-state index is 0.0908. The summed E-state index contributed by atoms with van der Waals surface area (Å²) in [4.78, 5) is 17.9. The predicted octanol–water partition coefficient (Wildman–Crippen LogP) is 5.04. The van der Waals surface area contributed by atoms with E-state index in [0.717, 1.165) is 44.5 Å². The lowest BCUT2D eigenvalue weighted by Crippen LogP contribution is -2.48. The van der Waals surface area contributed by atoms with Gasteiger partial charge in [-0.1, -0.05) is 54.6 Å². The molecule has 39 heavy (non-hydrogen) atoms. The van der Waals surface area contributed by atoms with Crippen LogP contribution in [-0.2, 0) is 21.1 Å². The van der Waals surface area contributed by atoms with Gasteiger partial charge in [-0.15, -0.1) is 0 Å². The summed E-state index contributed by atoms with van der Waals surface area (Å²) in [5.41, 5.74) is 4.01. The Bertz CT molecular complexity index is 1370. The van der Waals surface area contributed by atoms with Crippen molar-refractivity contribution in [2.45, 2.75) is 49.5 Å². The molecule has 4 rings (SSSR count). The Morgan fingerprint density at radius 3 is 2.15 bits per heavy atom. The number of piperidine rings is 1. The third kappa shape index (κ3) is 7.56. The molecular weight excluding hydrogens is 506 g/mol. The lowest BCUT2D eigenvalue weighted by atomic mass is 9.87. The van der Waals surface area contributed by atoms with Crippen molar-refractivity contribution < 1.29 is 13.2 Å². The number of rotatable bonds is 10. The molecule has 1 aliphatic rings. The molecule has 1 saturated heterocycles. The van der Waals surface area contributed by atoms with Gasteiger partial charge >= 0.3 is 0 Å². The van der Waals surface area contributed by atoms with Crippen LogP contribution in [0.2, 0.25) is 0 Å². The Morgan fingerprint density at radius 1 is 0.974 bits per heavy atom. The third-order valence-corrected chi connectivity index (χ3v) is 8.87. The van der Waals surface area contributed by atoms with Crippen molar-refractivity contribution in [2.75, 3.05) is 32.4 Å². The summed E-state index contributed by atoms with van der Waals surface area (Å²) in [6, 6.07) is 27.5. The van der Waals surface area contributed by atoms with Crippen molar-refractivity contribution in [3.63, 3.8) is 0 Å². The molecule has 0 radical (unpaired) electrons. The number of likely N-dealkylation sites (tertiary alicyclic amines) is 1. The second kappa shape index (κ2) is 13.1. The molecule has 1 aliphatic heterocycles. The summed E-state index contributed by atoms with van der Waals surface area (Å²) in [6.07, 6.45) is 4.34. The van der Waals surface area contributed by atoms with Gasteiger partial charge in [-0.3, -0.25) is 4.79 Å². The van der Waals surface area contributed by atoms with Crippen LogP contribution in [0.1, 0.15) is 54.4 Å². The number of nitriles is 1. The predicted molar refractivity (Wildman–Crippen MR) is 154 cm³/mol. The monoisotopic (exact) mass is 543 g/mol. The van der Waals surface area contributed by atoms with Crippen LogP contribution in [-0.4, -0.2) is 62.6 Å². The van der Waals surface area contributed by atoms with E-state index < -0.39 is 9.84 Å². The molecule has 0 N–H and O–H groups in total. The van der Waals surface area contributed by atoms with Crippen molar-refractivity contribution in [3.8, 4) is 6.07 Å². The van der Waals surface area contributed by atoms with E-state index in [0.29, 0.717) is 12.1 Å². The second-order valence-electron chi connectivity index (χ2n) is 10.3. The lowest BCUT2D eigenvalue weighted by Gasteiger charge is -2.38. The van der Waals surface area contributed by atoms with Crippen LogP contribution in [0.15, 0.2) is 83.8 Å². The quantitative estimate of drug-likeness (QED) is 0.358. The van der Waals surface area contributed by atoms with Crippen LogP contribution in [0, 0.1) is 11.3 Å². The van der Waals surface area contributed by atoms with Crippen LogP contribution < -0.4 is 0 Å². The van der Waals surface area contributed by atoms with Gasteiger partial charge in [-0.2, -0.15) is 5.26 Å². The first-order valence-electron chi connectivity index (χ1n) is 13.6. The standard InChI is InChI=1S/C32H37N3O3S/c1-3-35(32(36)23-25-11-15-30(16-12-25)39(2,37)38)29-17-20-34(21-18-29)22-19-31(27-7-5-4-6-8-27)28-13-9-26(24-33)10-14-28/h4-16,29,31H,3,17-23H2,1-2H3. The first-order chi connectivity index (χ1) is 18.8. The zero-order valence-corrected chi connectivity index (χ0v) is 23.6. The van der Waals surface area contributed by atoms with Gasteiger partial charge in [0.2, 0.25) is 5.91 Å². The maximum atomic E-state index is 13.2. The molecule has 0 saturated carbocycles. The van der Waals surface area contributed by atoms with Gasteiger partial charge in [0.25, 0.3) is 0 Å². The Kier molecular flexibility index (Phi) is 9.55. The zero-order valence-electron chi connectivity index (χ0n) is 22.8.